The number of halogens is 2. The number of rotatable bonds is 2. The number of carbonyl (C=O) groups excluding carboxylic acids is 2. The molecule has 1 saturated heterocycles. The number of Topliss-reactive ketones (excluding diaryl/α,β-unsaturated/α-hetero) is 1. The van der Waals surface area contributed by atoms with Crippen LogP contribution >= 0.6 is 34.5 Å². The number of thiophene rings is 1. The van der Waals surface area contributed by atoms with Crippen LogP contribution in [0.4, 0.5) is 0 Å². The molecule has 18 heavy (non-hydrogen) atoms. The molecule has 0 aliphatic carbocycles. The van der Waals surface area contributed by atoms with Crippen molar-refractivity contribution in [2.24, 2.45) is 5.92 Å². The van der Waals surface area contributed by atoms with Crippen LogP contribution in [0.3, 0.4) is 0 Å². The summed E-state index contributed by atoms with van der Waals surface area (Å²) in [5, 5.41) is 0. The van der Waals surface area contributed by atoms with Gasteiger partial charge in [-0.2, -0.15) is 0 Å². The first kappa shape index (κ1) is 13.8. The number of nitrogens with zero attached hydrogens (tertiary/aromatic N) is 1. The molecule has 0 saturated carbocycles. The molecule has 0 aromatic carbocycles. The van der Waals surface area contributed by atoms with E-state index in [1.54, 1.807) is 11.0 Å². The molecule has 0 spiro atoms. The zero-order valence-corrected chi connectivity index (χ0v) is 12.2. The van der Waals surface area contributed by atoms with Crippen LogP contribution in [0, 0.1) is 5.92 Å². The molecule has 98 valence electrons. The summed E-state index contributed by atoms with van der Waals surface area (Å²) in [6.45, 7) is 2.92. The smallest absolute Gasteiger partial charge is 0.256 e. The summed E-state index contributed by atoms with van der Waals surface area (Å²) in [4.78, 5) is 25.6. The Morgan fingerprint density at radius 1 is 1.56 bits per heavy atom. The molecule has 1 unspecified atom stereocenters. The van der Waals surface area contributed by atoms with E-state index in [1.165, 1.54) is 11.3 Å². The van der Waals surface area contributed by atoms with Gasteiger partial charge in [-0.3, -0.25) is 9.59 Å². The molecule has 1 fully saturated rings. The number of piperidine rings is 1. The second-order valence-electron chi connectivity index (χ2n) is 4.31. The van der Waals surface area contributed by atoms with Crippen molar-refractivity contribution in [3.05, 3.63) is 20.3 Å². The fraction of sp³-hybridized carbons (Fsp3) is 0.500. The van der Waals surface area contributed by atoms with Gasteiger partial charge in [0.2, 0.25) is 0 Å². The van der Waals surface area contributed by atoms with E-state index in [2.05, 4.69) is 0 Å². The van der Waals surface area contributed by atoms with Gasteiger partial charge in [0.25, 0.3) is 5.91 Å². The monoisotopic (exact) mass is 305 g/mol. The van der Waals surface area contributed by atoms with Crippen LogP contribution in [-0.4, -0.2) is 29.7 Å². The lowest BCUT2D eigenvalue weighted by Gasteiger charge is -2.31. The molecular weight excluding hydrogens is 293 g/mol. The lowest BCUT2D eigenvalue weighted by atomic mass is 9.94. The van der Waals surface area contributed by atoms with Crippen molar-refractivity contribution in [3.8, 4) is 0 Å². The van der Waals surface area contributed by atoms with Gasteiger partial charge >= 0.3 is 0 Å². The van der Waals surface area contributed by atoms with E-state index in [-0.39, 0.29) is 17.6 Å². The van der Waals surface area contributed by atoms with Crippen LogP contribution in [-0.2, 0) is 4.79 Å². The van der Waals surface area contributed by atoms with Gasteiger partial charge in [0.15, 0.2) is 0 Å². The van der Waals surface area contributed by atoms with Gasteiger partial charge in [0.1, 0.15) is 10.1 Å². The normalized spacial score (nSPS) is 20.3. The van der Waals surface area contributed by atoms with Crippen LogP contribution in [0.25, 0.3) is 0 Å². The average molecular weight is 306 g/mol. The van der Waals surface area contributed by atoms with Gasteiger partial charge in [0.05, 0.1) is 9.90 Å². The first-order valence-electron chi connectivity index (χ1n) is 5.79. The number of hydrogen-bond acceptors (Lipinski definition) is 3. The molecule has 1 aliphatic rings. The zero-order valence-electron chi connectivity index (χ0n) is 9.91. The molecule has 1 atom stereocenters. The van der Waals surface area contributed by atoms with Crippen molar-refractivity contribution in [2.75, 3.05) is 13.1 Å². The number of likely N-dealkylation sites (tertiary alicyclic amines) is 1. The Morgan fingerprint density at radius 3 is 2.83 bits per heavy atom. The minimum absolute atomic E-state index is 0.0458. The zero-order chi connectivity index (χ0) is 13.3. The van der Waals surface area contributed by atoms with Crippen molar-refractivity contribution in [1.29, 1.82) is 0 Å². The predicted octanol–water partition coefficient (Wildman–Crippen LogP) is 3.50. The van der Waals surface area contributed by atoms with Crippen molar-refractivity contribution in [1.82, 2.24) is 4.90 Å². The molecule has 0 bridgehead atoms. The number of hydrogen-bond donors (Lipinski definition) is 0. The molecule has 2 rings (SSSR count). The van der Waals surface area contributed by atoms with E-state index in [1.807, 2.05) is 6.92 Å². The van der Waals surface area contributed by atoms with E-state index in [0.29, 0.717) is 33.7 Å². The summed E-state index contributed by atoms with van der Waals surface area (Å²) < 4.78 is 0.915. The Kier molecular flexibility index (Phi) is 4.30. The highest BCUT2D eigenvalue weighted by Crippen LogP contribution is 2.32. The number of ketones is 1. The molecular formula is C12H13Cl2NO2S. The fourth-order valence-electron chi connectivity index (χ4n) is 2.11. The van der Waals surface area contributed by atoms with Crippen molar-refractivity contribution >= 4 is 46.2 Å². The van der Waals surface area contributed by atoms with E-state index in [4.69, 9.17) is 23.2 Å². The van der Waals surface area contributed by atoms with Crippen LogP contribution in [0.2, 0.25) is 8.67 Å². The second kappa shape index (κ2) is 5.59. The highest BCUT2D eigenvalue weighted by Gasteiger charge is 2.30. The van der Waals surface area contributed by atoms with Gasteiger partial charge in [-0.15, -0.1) is 11.3 Å². The van der Waals surface area contributed by atoms with Crippen molar-refractivity contribution < 1.29 is 9.59 Å². The van der Waals surface area contributed by atoms with Crippen molar-refractivity contribution in [2.45, 2.75) is 19.8 Å². The van der Waals surface area contributed by atoms with Gasteiger partial charge < -0.3 is 4.90 Å². The third-order valence-electron chi connectivity index (χ3n) is 3.19. The lowest BCUT2D eigenvalue weighted by Crippen LogP contribution is -2.43. The minimum atomic E-state index is -0.130. The van der Waals surface area contributed by atoms with Crippen molar-refractivity contribution in [3.63, 3.8) is 0 Å². The Hall–Kier alpha value is -0.580. The first-order chi connectivity index (χ1) is 8.52. The standard InChI is InChI=1S/C12H13Cl2NO2S/c1-2-7-6-15(4-3-9(7)16)12(17)8-5-10(13)18-11(8)14/h5,7H,2-4,6H2,1H3. The molecule has 1 amide bonds. The van der Waals surface area contributed by atoms with Crippen LogP contribution in [0.1, 0.15) is 30.1 Å². The molecule has 1 aromatic heterocycles. The van der Waals surface area contributed by atoms with Crippen LogP contribution in [0.15, 0.2) is 6.07 Å². The van der Waals surface area contributed by atoms with E-state index in [0.717, 1.165) is 6.42 Å². The maximum atomic E-state index is 12.3. The van der Waals surface area contributed by atoms with Gasteiger partial charge in [-0.05, 0) is 12.5 Å². The summed E-state index contributed by atoms with van der Waals surface area (Å²) in [6, 6.07) is 1.59. The Balaban J connectivity index is 2.15. The Labute approximate surface area is 120 Å². The summed E-state index contributed by atoms with van der Waals surface area (Å²) in [5.41, 5.74) is 0.441. The Bertz CT molecular complexity index is 486. The summed E-state index contributed by atoms with van der Waals surface area (Å²) in [5.74, 6) is 0.0701. The average Bonchev–Trinajstić information content (AvgIpc) is 2.68. The fourth-order valence-corrected chi connectivity index (χ4v) is 3.55. The molecule has 2 heterocycles. The van der Waals surface area contributed by atoms with Crippen LogP contribution in [0.5, 0.6) is 0 Å². The molecule has 6 heteroatoms. The third-order valence-corrected chi connectivity index (χ3v) is 4.68. The van der Waals surface area contributed by atoms with Gasteiger partial charge in [-0.25, -0.2) is 0 Å². The van der Waals surface area contributed by atoms with E-state index < -0.39 is 0 Å². The molecule has 1 aromatic rings. The third kappa shape index (κ3) is 2.71. The van der Waals surface area contributed by atoms with Gasteiger partial charge in [-0.1, -0.05) is 30.1 Å². The lowest BCUT2D eigenvalue weighted by molar-refractivity contribution is -0.125. The largest absolute Gasteiger partial charge is 0.337 e. The second-order valence-corrected chi connectivity index (χ2v) is 6.60. The van der Waals surface area contributed by atoms with E-state index in [9.17, 15) is 9.59 Å². The molecule has 1 aliphatic heterocycles. The first-order valence-corrected chi connectivity index (χ1v) is 7.37. The summed E-state index contributed by atoms with van der Waals surface area (Å²) in [6.07, 6.45) is 1.19. The highest BCUT2D eigenvalue weighted by atomic mass is 35.5. The summed E-state index contributed by atoms with van der Waals surface area (Å²) in [7, 11) is 0. The maximum Gasteiger partial charge on any atom is 0.256 e. The topological polar surface area (TPSA) is 37.4 Å². The molecule has 3 nitrogen and oxygen atoms in total. The highest BCUT2D eigenvalue weighted by molar-refractivity contribution is 7.20. The summed E-state index contributed by atoms with van der Waals surface area (Å²) >= 11 is 13.0. The van der Waals surface area contributed by atoms with Gasteiger partial charge in [0, 0.05) is 25.4 Å². The Morgan fingerprint density at radius 2 is 2.28 bits per heavy atom. The molecule has 0 radical (unpaired) electrons. The molecule has 0 N–H and O–H groups in total. The predicted molar refractivity (Wildman–Crippen MR) is 73.6 cm³/mol. The SMILES string of the molecule is CCC1CN(C(=O)c2cc(Cl)sc2Cl)CCC1=O. The minimum Gasteiger partial charge on any atom is -0.337 e. The van der Waals surface area contributed by atoms with E-state index >= 15 is 0 Å². The van der Waals surface area contributed by atoms with Crippen LogP contribution < -0.4 is 0 Å². The maximum absolute atomic E-state index is 12.3. The number of amides is 1. The quantitative estimate of drug-likeness (QED) is 0.838. The number of carbonyl (C=O) groups is 2.